The van der Waals surface area contributed by atoms with E-state index in [1.807, 2.05) is 0 Å². The molecule has 0 bridgehead atoms. The van der Waals surface area contributed by atoms with Crippen LogP contribution in [0.25, 0.3) is 0 Å². The first kappa shape index (κ1) is 39.8. The van der Waals surface area contributed by atoms with Gasteiger partial charge in [-0.05, 0) is 11.0 Å². The molecule has 5 heteroatoms. The van der Waals surface area contributed by atoms with Gasteiger partial charge in [-0.3, -0.25) is 0 Å². The molecule has 0 spiro atoms. The van der Waals surface area contributed by atoms with Crippen molar-refractivity contribution in [2.24, 2.45) is 0 Å². The van der Waals surface area contributed by atoms with Crippen molar-refractivity contribution in [2.75, 3.05) is 0 Å². The fraction of sp³-hybridized carbons (Fsp3) is 0. The van der Waals surface area contributed by atoms with Crippen molar-refractivity contribution in [3.8, 4) is 0 Å². The van der Waals surface area contributed by atoms with Crippen molar-refractivity contribution < 1.29 is 59.9 Å². The average Bonchev–Trinajstić information content (AvgIpc) is 0. The van der Waals surface area contributed by atoms with Crippen LogP contribution in [-0.4, -0.2) is 48.7 Å². The van der Waals surface area contributed by atoms with Crippen LogP contribution in [0.2, 0.25) is 0 Å². The van der Waals surface area contributed by atoms with Gasteiger partial charge in [0, 0.05) is 59.9 Å². The van der Waals surface area contributed by atoms with Crippen molar-refractivity contribution in [2.45, 2.75) is 0 Å². The molecule has 0 aliphatic carbocycles. The van der Waals surface area contributed by atoms with Crippen LogP contribution in [0.1, 0.15) is 0 Å². The Kier molecular flexibility index (Phi) is 209. The number of hydrogen-bond donors (Lipinski definition) is 0. The van der Waals surface area contributed by atoms with Gasteiger partial charge in [-0.1, -0.05) is 0 Å². The van der Waals surface area contributed by atoms with Crippen molar-refractivity contribution in [1.29, 1.82) is 0 Å². The molecule has 0 saturated heterocycles. The van der Waals surface area contributed by atoms with Crippen molar-refractivity contribution in [3.63, 3.8) is 0 Å². The molecular formula is H6CaMoNbNiSi. The Morgan fingerprint density at radius 1 is 1.00 bits per heavy atom. The fourth-order valence-corrected chi connectivity index (χ4v) is 0. The minimum atomic E-state index is 0. The maximum Gasteiger partial charge on any atom is 0 e. The molecule has 0 aliphatic heterocycles. The van der Waals surface area contributed by atoms with E-state index in [2.05, 4.69) is 0 Å². The molecule has 5 heavy (non-hydrogen) atoms. The van der Waals surface area contributed by atoms with Crippen molar-refractivity contribution >= 4 is 48.7 Å². The minimum absolute atomic E-state index is 0. The van der Waals surface area contributed by atoms with E-state index >= 15 is 0 Å². The Morgan fingerprint density at radius 2 is 1.00 bits per heavy atom. The topological polar surface area (TPSA) is 0 Å². The van der Waals surface area contributed by atoms with E-state index in [1.54, 1.807) is 0 Å². The van der Waals surface area contributed by atoms with E-state index in [9.17, 15) is 0 Å². The van der Waals surface area contributed by atoms with Gasteiger partial charge in [0.2, 0.25) is 0 Å². The third-order valence-electron chi connectivity index (χ3n) is 0. The van der Waals surface area contributed by atoms with Crippen LogP contribution in [0, 0.1) is 0 Å². The summed E-state index contributed by atoms with van der Waals surface area (Å²) in [4.78, 5) is 0. The van der Waals surface area contributed by atoms with Gasteiger partial charge in [-0.2, -0.15) is 0 Å². The van der Waals surface area contributed by atoms with Gasteiger partial charge in [0.25, 0.3) is 0 Å². The van der Waals surface area contributed by atoms with E-state index in [0.29, 0.717) is 0 Å². The molecule has 0 fully saturated rings. The van der Waals surface area contributed by atoms with Crippen LogP contribution in [0.5, 0.6) is 0 Å². The van der Waals surface area contributed by atoms with Crippen molar-refractivity contribution in [3.05, 3.63) is 0 Å². The second kappa shape index (κ2) is 26.2. The number of hydrogen-bond acceptors (Lipinski definition) is 0. The summed E-state index contributed by atoms with van der Waals surface area (Å²) in [6.07, 6.45) is 0. The molecule has 0 nitrogen and oxygen atoms in total. The van der Waals surface area contributed by atoms with Gasteiger partial charge < -0.3 is 0 Å². The summed E-state index contributed by atoms with van der Waals surface area (Å²) in [6.45, 7) is 0. The molecule has 1 radical (unpaired) electrons. The van der Waals surface area contributed by atoms with Crippen LogP contribution in [0.3, 0.4) is 0 Å². The zero-order chi connectivity index (χ0) is 0. The molecule has 0 saturated carbocycles. The van der Waals surface area contributed by atoms with E-state index in [0.717, 1.165) is 0 Å². The molecular weight excluding hydrogens is 316 g/mol. The zero-order valence-electron chi connectivity index (χ0n) is 1.17. The normalized spacial score (nSPS) is 0. The Balaban J connectivity index is 0. The molecule has 0 heterocycles. The monoisotopic (exact) mass is 323 g/mol. The third kappa shape index (κ3) is 18.7. The Hall–Kier alpha value is 3.40. The van der Waals surface area contributed by atoms with Gasteiger partial charge >= 0.3 is 37.7 Å². The van der Waals surface area contributed by atoms with Gasteiger partial charge in [0.15, 0.2) is 0 Å². The first-order valence-electron chi connectivity index (χ1n) is 0. The maximum atomic E-state index is 0. The second-order valence-electron chi connectivity index (χ2n) is 0. The second-order valence-corrected chi connectivity index (χ2v) is 0. The summed E-state index contributed by atoms with van der Waals surface area (Å²) in [5.74, 6) is 0. The molecule has 0 aromatic rings. The van der Waals surface area contributed by atoms with E-state index in [1.165, 1.54) is 0 Å². The van der Waals surface area contributed by atoms with Gasteiger partial charge in [0.1, 0.15) is 0 Å². The van der Waals surface area contributed by atoms with E-state index in [4.69, 9.17) is 0 Å². The van der Waals surface area contributed by atoms with Crippen LogP contribution in [0.15, 0.2) is 0 Å². The molecule has 0 unspecified atom stereocenters. The SMILES string of the molecule is [CaH2].[Mo].[Nb].[Ni].[SiH4]. The summed E-state index contributed by atoms with van der Waals surface area (Å²) in [5, 5.41) is 0. The molecule has 0 rings (SSSR count). The molecule has 0 aromatic heterocycles. The van der Waals surface area contributed by atoms with E-state index in [-0.39, 0.29) is 109 Å². The van der Waals surface area contributed by atoms with Crippen LogP contribution >= 0.6 is 0 Å². The third-order valence-corrected chi connectivity index (χ3v) is 0. The smallest absolute Gasteiger partial charge is 0 e. The zero-order valence-corrected chi connectivity index (χ0v) is 6.36. The maximum absolute atomic E-state index is 0. The Labute approximate surface area is 106 Å². The standard InChI is InChI=1S/Ca.Mo.Nb.Ni.H4Si.2H/h;;;;1H4;;. The molecule has 0 aliphatic rings. The minimum Gasteiger partial charge on any atom is -0.0149 e. The average molecular weight is 322 g/mol. The first-order valence-corrected chi connectivity index (χ1v) is 0. The molecule has 0 N–H and O–H groups in total. The largest absolute Gasteiger partial charge is 0.0149 e. The predicted molar refractivity (Wildman–Crippen MR) is 19.9 cm³/mol. The van der Waals surface area contributed by atoms with E-state index < -0.39 is 0 Å². The quantitative estimate of drug-likeness (QED) is 0.437. The van der Waals surface area contributed by atoms with Gasteiger partial charge in [0.05, 0.1) is 0 Å². The van der Waals surface area contributed by atoms with Gasteiger partial charge in [-0.15, -0.1) is 0 Å². The molecule has 33 valence electrons. The predicted octanol–water partition coefficient (Wildman–Crippen LogP) is -2.38. The summed E-state index contributed by atoms with van der Waals surface area (Å²) in [7, 11) is 0. The fourth-order valence-electron chi connectivity index (χ4n) is 0. The Bertz CT molecular complexity index is 11.6. The molecule has 0 amide bonds. The summed E-state index contributed by atoms with van der Waals surface area (Å²) < 4.78 is 0. The van der Waals surface area contributed by atoms with Crippen LogP contribution < -0.4 is 0 Å². The van der Waals surface area contributed by atoms with Crippen molar-refractivity contribution in [1.82, 2.24) is 0 Å². The first-order chi connectivity index (χ1) is 0. The molecule has 0 aromatic carbocycles. The number of rotatable bonds is 0. The summed E-state index contributed by atoms with van der Waals surface area (Å²) >= 11 is 0. The van der Waals surface area contributed by atoms with Crippen LogP contribution in [-0.2, 0) is 59.9 Å². The van der Waals surface area contributed by atoms with Crippen LogP contribution in [0.4, 0.5) is 0 Å². The van der Waals surface area contributed by atoms with Gasteiger partial charge in [-0.25, -0.2) is 0 Å². The summed E-state index contributed by atoms with van der Waals surface area (Å²) in [6, 6.07) is 0. The molecule has 0 atom stereocenters. The Morgan fingerprint density at radius 3 is 1.00 bits per heavy atom. The summed E-state index contributed by atoms with van der Waals surface area (Å²) in [5.41, 5.74) is 0.